The van der Waals surface area contributed by atoms with Crippen LogP contribution in [-0.4, -0.2) is 44.2 Å². The lowest BCUT2D eigenvalue weighted by Crippen LogP contribution is -2.45. The maximum Gasteiger partial charge on any atom is 0.224 e. The van der Waals surface area contributed by atoms with Gasteiger partial charge in [0.1, 0.15) is 0 Å². The Morgan fingerprint density at radius 3 is 2.76 bits per heavy atom. The average Bonchev–Trinajstić information content (AvgIpc) is 2.28. The largest absolute Gasteiger partial charge is 0.375 e. The van der Waals surface area contributed by atoms with E-state index in [2.05, 4.69) is 10.6 Å². The molecule has 6 heteroatoms. The minimum absolute atomic E-state index is 0.0829. The molecule has 2 amide bonds. The number of ether oxygens (including phenoxy) is 1. The molecule has 0 saturated carbocycles. The molecule has 0 aliphatic carbocycles. The Hall–Kier alpha value is -1.14. The maximum atomic E-state index is 11.6. The van der Waals surface area contributed by atoms with Crippen LogP contribution in [0.1, 0.15) is 20.3 Å². The highest BCUT2D eigenvalue weighted by Crippen LogP contribution is 2.12. The quantitative estimate of drug-likeness (QED) is 0.577. The predicted octanol–water partition coefficient (Wildman–Crippen LogP) is -1.01. The molecule has 1 rings (SSSR count). The number of amides is 2. The average molecular weight is 243 g/mol. The molecule has 0 aromatic heterocycles. The first-order valence-electron chi connectivity index (χ1n) is 5.81. The van der Waals surface area contributed by atoms with Crippen molar-refractivity contribution in [2.45, 2.75) is 26.4 Å². The zero-order chi connectivity index (χ0) is 12.9. The van der Waals surface area contributed by atoms with Gasteiger partial charge >= 0.3 is 0 Å². The Balaban J connectivity index is 2.27. The molecular weight excluding hydrogens is 222 g/mol. The lowest BCUT2D eigenvalue weighted by molar-refractivity contribution is -0.128. The highest BCUT2D eigenvalue weighted by Gasteiger charge is 2.26. The zero-order valence-corrected chi connectivity index (χ0v) is 10.4. The van der Waals surface area contributed by atoms with Gasteiger partial charge in [-0.15, -0.1) is 0 Å². The SMILES string of the molecule is CC(C)(CNC(=O)CC1CNCCO1)C(N)=O. The number of rotatable bonds is 5. The smallest absolute Gasteiger partial charge is 0.224 e. The molecule has 98 valence electrons. The Labute approximate surface area is 101 Å². The first-order valence-corrected chi connectivity index (χ1v) is 5.81. The zero-order valence-electron chi connectivity index (χ0n) is 10.4. The normalized spacial score (nSPS) is 20.9. The molecule has 4 N–H and O–H groups in total. The second-order valence-electron chi connectivity index (χ2n) is 4.93. The number of carbonyl (C=O) groups excluding carboxylic acids is 2. The van der Waals surface area contributed by atoms with E-state index in [4.69, 9.17) is 10.5 Å². The Kier molecular flexibility index (Phi) is 4.89. The van der Waals surface area contributed by atoms with Gasteiger partial charge in [0.15, 0.2) is 0 Å². The number of nitrogens with one attached hydrogen (secondary N) is 2. The van der Waals surface area contributed by atoms with Crippen molar-refractivity contribution in [2.75, 3.05) is 26.2 Å². The van der Waals surface area contributed by atoms with E-state index in [0.717, 1.165) is 6.54 Å². The van der Waals surface area contributed by atoms with E-state index in [-0.39, 0.29) is 18.6 Å². The van der Waals surface area contributed by atoms with E-state index in [1.54, 1.807) is 13.8 Å². The minimum atomic E-state index is -0.721. The highest BCUT2D eigenvalue weighted by atomic mass is 16.5. The molecule has 1 atom stereocenters. The molecule has 0 spiro atoms. The minimum Gasteiger partial charge on any atom is -0.375 e. The van der Waals surface area contributed by atoms with Crippen molar-refractivity contribution in [1.82, 2.24) is 10.6 Å². The molecular formula is C11H21N3O3. The van der Waals surface area contributed by atoms with Crippen molar-refractivity contribution in [2.24, 2.45) is 11.1 Å². The molecule has 1 saturated heterocycles. The third kappa shape index (κ3) is 4.70. The summed E-state index contributed by atoms with van der Waals surface area (Å²) in [6, 6.07) is 0. The molecule has 0 aromatic carbocycles. The fourth-order valence-corrected chi connectivity index (χ4v) is 1.44. The van der Waals surface area contributed by atoms with Crippen LogP contribution in [0, 0.1) is 5.41 Å². The molecule has 0 aromatic rings. The van der Waals surface area contributed by atoms with Crippen molar-refractivity contribution in [3.63, 3.8) is 0 Å². The van der Waals surface area contributed by atoms with Crippen molar-refractivity contribution in [1.29, 1.82) is 0 Å². The fourth-order valence-electron chi connectivity index (χ4n) is 1.44. The first-order chi connectivity index (χ1) is 7.92. The van der Waals surface area contributed by atoms with Crippen molar-refractivity contribution in [3.8, 4) is 0 Å². The number of morpholine rings is 1. The monoisotopic (exact) mass is 243 g/mol. The van der Waals surface area contributed by atoms with Crippen LogP contribution in [-0.2, 0) is 14.3 Å². The summed E-state index contributed by atoms with van der Waals surface area (Å²) >= 11 is 0. The van der Waals surface area contributed by atoms with Crippen LogP contribution >= 0.6 is 0 Å². The third-order valence-electron chi connectivity index (χ3n) is 2.81. The van der Waals surface area contributed by atoms with E-state index in [1.165, 1.54) is 0 Å². The number of nitrogens with two attached hydrogens (primary N) is 1. The molecule has 1 aliphatic heterocycles. The number of hydrogen-bond acceptors (Lipinski definition) is 4. The van der Waals surface area contributed by atoms with Gasteiger partial charge in [-0.05, 0) is 13.8 Å². The van der Waals surface area contributed by atoms with E-state index in [9.17, 15) is 9.59 Å². The standard InChI is InChI=1S/C11H21N3O3/c1-11(2,10(12)16)7-14-9(15)5-8-6-13-3-4-17-8/h8,13H,3-7H2,1-2H3,(H2,12,16)(H,14,15). The topological polar surface area (TPSA) is 93.4 Å². The second-order valence-corrected chi connectivity index (χ2v) is 4.93. The van der Waals surface area contributed by atoms with Crippen LogP contribution in [0.5, 0.6) is 0 Å². The van der Waals surface area contributed by atoms with E-state index in [0.29, 0.717) is 19.6 Å². The molecule has 1 heterocycles. The highest BCUT2D eigenvalue weighted by molar-refractivity contribution is 5.82. The Morgan fingerprint density at radius 2 is 2.24 bits per heavy atom. The Bertz CT molecular complexity index is 286. The number of carbonyl (C=O) groups is 2. The summed E-state index contributed by atoms with van der Waals surface area (Å²) in [6.45, 7) is 5.80. The van der Waals surface area contributed by atoms with Gasteiger partial charge in [-0.25, -0.2) is 0 Å². The second kappa shape index (κ2) is 5.97. The molecule has 1 unspecified atom stereocenters. The van der Waals surface area contributed by atoms with E-state index < -0.39 is 11.3 Å². The van der Waals surface area contributed by atoms with Gasteiger partial charge < -0.3 is 21.1 Å². The summed E-state index contributed by atoms with van der Waals surface area (Å²) in [5, 5.41) is 5.86. The van der Waals surface area contributed by atoms with E-state index in [1.807, 2.05) is 0 Å². The fraction of sp³-hybridized carbons (Fsp3) is 0.818. The van der Waals surface area contributed by atoms with Crippen LogP contribution in [0.4, 0.5) is 0 Å². The van der Waals surface area contributed by atoms with Crippen LogP contribution < -0.4 is 16.4 Å². The molecule has 1 fully saturated rings. The van der Waals surface area contributed by atoms with Gasteiger partial charge in [-0.2, -0.15) is 0 Å². The summed E-state index contributed by atoms with van der Waals surface area (Å²) in [5.74, 6) is -0.540. The lowest BCUT2D eigenvalue weighted by atomic mass is 9.93. The molecule has 17 heavy (non-hydrogen) atoms. The van der Waals surface area contributed by atoms with E-state index >= 15 is 0 Å². The van der Waals surface area contributed by atoms with Gasteiger partial charge in [0.25, 0.3) is 0 Å². The van der Waals surface area contributed by atoms with Gasteiger partial charge in [-0.3, -0.25) is 9.59 Å². The molecule has 6 nitrogen and oxygen atoms in total. The number of primary amides is 1. The van der Waals surface area contributed by atoms with Crippen LogP contribution in [0.15, 0.2) is 0 Å². The van der Waals surface area contributed by atoms with Crippen LogP contribution in [0.2, 0.25) is 0 Å². The summed E-state index contributed by atoms with van der Waals surface area (Å²) < 4.78 is 5.41. The first kappa shape index (κ1) is 13.9. The van der Waals surface area contributed by atoms with Crippen molar-refractivity contribution < 1.29 is 14.3 Å². The molecule has 0 bridgehead atoms. The van der Waals surface area contributed by atoms with Gasteiger partial charge in [0, 0.05) is 19.6 Å². The van der Waals surface area contributed by atoms with Crippen LogP contribution in [0.25, 0.3) is 0 Å². The number of hydrogen-bond donors (Lipinski definition) is 3. The molecule has 0 radical (unpaired) electrons. The maximum absolute atomic E-state index is 11.6. The van der Waals surface area contributed by atoms with Crippen LogP contribution in [0.3, 0.4) is 0 Å². The van der Waals surface area contributed by atoms with Gasteiger partial charge in [0.05, 0.1) is 24.5 Å². The third-order valence-corrected chi connectivity index (χ3v) is 2.81. The Morgan fingerprint density at radius 1 is 1.53 bits per heavy atom. The molecule has 1 aliphatic rings. The van der Waals surface area contributed by atoms with Crippen molar-refractivity contribution in [3.05, 3.63) is 0 Å². The van der Waals surface area contributed by atoms with Crippen molar-refractivity contribution >= 4 is 11.8 Å². The summed E-state index contributed by atoms with van der Waals surface area (Å²) in [4.78, 5) is 22.7. The summed E-state index contributed by atoms with van der Waals surface area (Å²) in [7, 11) is 0. The summed E-state index contributed by atoms with van der Waals surface area (Å²) in [5.41, 5.74) is 4.49. The van der Waals surface area contributed by atoms with Gasteiger partial charge in [0.2, 0.25) is 11.8 Å². The summed E-state index contributed by atoms with van der Waals surface area (Å²) in [6.07, 6.45) is 0.224. The lowest BCUT2D eigenvalue weighted by Gasteiger charge is -2.24. The van der Waals surface area contributed by atoms with Gasteiger partial charge in [-0.1, -0.05) is 0 Å². The predicted molar refractivity (Wildman–Crippen MR) is 63.2 cm³/mol.